The normalized spacial score (nSPS) is 34.8. The molecule has 0 N–H and O–H groups in total. The monoisotopic (exact) mass is 246 g/mol. The minimum Gasteiger partial charge on any atom is -0.377 e. The van der Waals surface area contributed by atoms with E-state index < -0.39 is 0 Å². The first-order chi connectivity index (χ1) is 6.36. The van der Waals surface area contributed by atoms with Crippen LogP contribution in [0.25, 0.3) is 0 Å². The quantitative estimate of drug-likeness (QED) is 0.691. The van der Waals surface area contributed by atoms with Crippen molar-refractivity contribution in [2.24, 2.45) is 5.92 Å². The molecule has 76 valence electrons. The van der Waals surface area contributed by atoms with Crippen molar-refractivity contribution in [3.8, 4) is 0 Å². The standard InChI is InChI=1S/C11H19BrO/c12-10-3-1-2-4-11(10)13-8-7-9-5-6-9/h9-11H,1-8H2. The Labute approximate surface area is 89.4 Å². The van der Waals surface area contributed by atoms with Gasteiger partial charge in [0.25, 0.3) is 0 Å². The van der Waals surface area contributed by atoms with Crippen molar-refractivity contribution in [3.05, 3.63) is 0 Å². The Morgan fingerprint density at radius 3 is 2.54 bits per heavy atom. The summed E-state index contributed by atoms with van der Waals surface area (Å²) in [7, 11) is 0. The van der Waals surface area contributed by atoms with Crippen LogP contribution in [0.5, 0.6) is 0 Å². The molecule has 2 aliphatic rings. The Morgan fingerprint density at radius 2 is 1.85 bits per heavy atom. The van der Waals surface area contributed by atoms with Gasteiger partial charge in [0, 0.05) is 11.4 Å². The second-order valence-electron chi connectivity index (χ2n) is 4.44. The van der Waals surface area contributed by atoms with E-state index in [9.17, 15) is 0 Å². The Morgan fingerprint density at radius 1 is 1.08 bits per heavy atom. The third-order valence-electron chi connectivity index (χ3n) is 3.18. The summed E-state index contributed by atoms with van der Waals surface area (Å²) in [6.45, 7) is 0.997. The lowest BCUT2D eigenvalue weighted by Gasteiger charge is -2.27. The van der Waals surface area contributed by atoms with E-state index in [2.05, 4.69) is 15.9 Å². The SMILES string of the molecule is BrC1CCCCC1OCCC1CC1. The Kier molecular flexibility index (Phi) is 3.67. The first-order valence-corrected chi connectivity index (χ1v) is 6.53. The molecule has 2 unspecified atom stereocenters. The van der Waals surface area contributed by atoms with E-state index in [0.29, 0.717) is 10.9 Å². The van der Waals surface area contributed by atoms with E-state index in [4.69, 9.17) is 4.74 Å². The van der Waals surface area contributed by atoms with Crippen molar-refractivity contribution in [1.29, 1.82) is 0 Å². The Hall–Kier alpha value is 0.440. The Bertz CT molecular complexity index is 156. The maximum atomic E-state index is 5.90. The van der Waals surface area contributed by atoms with Crippen molar-refractivity contribution >= 4 is 15.9 Å². The zero-order valence-electron chi connectivity index (χ0n) is 8.18. The highest BCUT2D eigenvalue weighted by atomic mass is 79.9. The van der Waals surface area contributed by atoms with Crippen molar-refractivity contribution in [2.45, 2.75) is 55.9 Å². The van der Waals surface area contributed by atoms with Gasteiger partial charge in [-0.15, -0.1) is 0 Å². The zero-order chi connectivity index (χ0) is 9.10. The van der Waals surface area contributed by atoms with E-state index in [0.717, 1.165) is 12.5 Å². The number of ether oxygens (including phenoxy) is 1. The maximum absolute atomic E-state index is 5.90. The average molecular weight is 247 g/mol. The third-order valence-corrected chi connectivity index (χ3v) is 4.22. The number of rotatable bonds is 4. The molecule has 0 bridgehead atoms. The van der Waals surface area contributed by atoms with Crippen LogP contribution in [-0.2, 0) is 4.74 Å². The van der Waals surface area contributed by atoms with Crippen LogP contribution in [0.15, 0.2) is 0 Å². The summed E-state index contributed by atoms with van der Waals surface area (Å²) >= 11 is 3.71. The van der Waals surface area contributed by atoms with Gasteiger partial charge in [0.15, 0.2) is 0 Å². The molecule has 0 heterocycles. The first-order valence-electron chi connectivity index (χ1n) is 5.62. The molecule has 0 aromatic heterocycles. The van der Waals surface area contributed by atoms with Crippen LogP contribution in [-0.4, -0.2) is 17.5 Å². The maximum Gasteiger partial charge on any atom is 0.0700 e. The fourth-order valence-corrected chi connectivity index (χ4v) is 2.77. The molecule has 2 rings (SSSR count). The summed E-state index contributed by atoms with van der Waals surface area (Å²) in [4.78, 5) is 0.625. The van der Waals surface area contributed by atoms with Crippen LogP contribution in [0.2, 0.25) is 0 Å². The number of hydrogen-bond acceptors (Lipinski definition) is 1. The highest BCUT2D eigenvalue weighted by Gasteiger charge is 2.25. The van der Waals surface area contributed by atoms with Gasteiger partial charge in [-0.05, 0) is 25.2 Å². The molecule has 0 radical (unpaired) electrons. The van der Waals surface area contributed by atoms with Gasteiger partial charge in [-0.25, -0.2) is 0 Å². The van der Waals surface area contributed by atoms with Crippen LogP contribution < -0.4 is 0 Å². The predicted octanol–water partition coefficient (Wildman–Crippen LogP) is 3.51. The van der Waals surface area contributed by atoms with Gasteiger partial charge >= 0.3 is 0 Å². The third kappa shape index (κ3) is 3.25. The van der Waals surface area contributed by atoms with Gasteiger partial charge in [0.1, 0.15) is 0 Å². The Balaban J connectivity index is 1.60. The van der Waals surface area contributed by atoms with Gasteiger partial charge in [-0.3, -0.25) is 0 Å². The van der Waals surface area contributed by atoms with Gasteiger partial charge in [0.05, 0.1) is 6.10 Å². The van der Waals surface area contributed by atoms with Crippen LogP contribution in [0.4, 0.5) is 0 Å². The molecule has 0 aromatic rings. The minimum atomic E-state index is 0.507. The summed E-state index contributed by atoms with van der Waals surface area (Å²) in [5.74, 6) is 1.01. The van der Waals surface area contributed by atoms with Gasteiger partial charge < -0.3 is 4.74 Å². The molecule has 13 heavy (non-hydrogen) atoms. The summed E-state index contributed by atoms with van der Waals surface area (Å²) in [5.41, 5.74) is 0. The topological polar surface area (TPSA) is 9.23 Å². The lowest BCUT2D eigenvalue weighted by atomic mass is 9.97. The van der Waals surface area contributed by atoms with Crippen molar-refractivity contribution in [1.82, 2.24) is 0 Å². The van der Waals surface area contributed by atoms with Gasteiger partial charge in [-0.2, -0.15) is 0 Å². The second-order valence-corrected chi connectivity index (χ2v) is 5.62. The van der Waals surface area contributed by atoms with E-state index in [1.807, 2.05) is 0 Å². The second kappa shape index (κ2) is 4.79. The predicted molar refractivity (Wildman–Crippen MR) is 58.3 cm³/mol. The lowest BCUT2D eigenvalue weighted by molar-refractivity contribution is 0.0311. The number of alkyl halides is 1. The van der Waals surface area contributed by atoms with Crippen LogP contribution in [0, 0.1) is 5.92 Å². The van der Waals surface area contributed by atoms with E-state index in [1.165, 1.54) is 44.9 Å². The highest BCUT2D eigenvalue weighted by Crippen LogP contribution is 2.33. The first kappa shape index (κ1) is 9.97. The van der Waals surface area contributed by atoms with Crippen molar-refractivity contribution in [3.63, 3.8) is 0 Å². The summed E-state index contributed by atoms with van der Waals surface area (Å²) in [6, 6.07) is 0. The van der Waals surface area contributed by atoms with Gasteiger partial charge in [0.2, 0.25) is 0 Å². The zero-order valence-corrected chi connectivity index (χ0v) is 9.76. The van der Waals surface area contributed by atoms with Crippen molar-refractivity contribution < 1.29 is 4.74 Å². The molecule has 2 aliphatic carbocycles. The molecule has 2 atom stereocenters. The molecule has 2 saturated carbocycles. The van der Waals surface area contributed by atoms with E-state index in [-0.39, 0.29) is 0 Å². The van der Waals surface area contributed by atoms with Crippen LogP contribution in [0.1, 0.15) is 44.9 Å². The smallest absolute Gasteiger partial charge is 0.0700 e. The van der Waals surface area contributed by atoms with E-state index in [1.54, 1.807) is 0 Å². The molecular weight excluding hydrogens is 228 g/mol. The molecule has 0 aliphatic heterocycles. The fraction of sp³-hybridized carbons (Fsp3) is 1.00. The molecule has 1 nitrogen and oxygen atoms in total. The molecule has 0 aromatic carbocycles. The van der Waals surface area contributed by atoms with Crippen molar-refractivity contribution in [2.75, 3.05) is 6.61 Å². The lowest BCUT2D eigenvalue weighted by Crippen LogP contribution is -2.28. The van der Waals surface area contributed by atoms with Gasteiger partial charge in [-0.1, -0.05) is 41.6 Å². The molecule has 2 heteroatoms. The molecular formula is C11H19BrO. The summed E-state index contributed by atoms with van der Waals surface area (Å²) in [6.07, 6.45) is 10.0. The molecule has 0 spiro atoms. The molecule has 0 saturated heterocycles. The fourth-order valence-electron chi connectivity index (χ4n) is 2.03. The van der Waals surface area contributed by atoms with Crippen LogP contribution in [0.3, 0.4) is 0 Å². The highest BCUT2D eigenvalue weighted by molar-refractivity contribution is 9.09. The summed E-state index contributed by atoms with van der Waals surface area (Å²) in [5, 5.41) is 0. The number of halogens is 1. The molecule has 0 amide bonds. The van der Waals surface area contributed by atoms with E-state index >= 15 is 0 Å². The minimum absolute atomic E-state index is 0.507. The largest absolute Gasteiger partial charge is 0.377 e. The molecule has 2 fully saturated rings. The number of hydrogen-bond donors (Lipinski definition) is 0. The average Bonchev–Trinajstić information content (AvgIpc) is 2.92. The van der Waals surface area contributed by atoms with Crippen LogP contribution >= 0.6 is 15.9 Å². The summed E-state index contributed by atoms with van der Waals surface area (Å²) < 4.78 is 5.90.